The summed E-state index contributed by atoms with van der Waals surface area (Å²) in [5.41, 5.74) is 1.07. The van der Waals surface area contributed by atoms with Crippen molar-refractivity contribution in [1.82, 2.24) is 14.8 Å². The van der Waals surface area contributed by atoms with Gasteiger partial charge >= 0.3 is 0 Å². The first kappa shape index (κ1) is 10.8. The largest absolute Gasteiger partial charge is 0.277 e. The van der Waals surface area contributed by atoms with E-state index in [2.05, 4.69) is 22.0 Å². The highest BCUT2D eigenvalue weighted by Gasteiger charge is 2.05. The van der Waals surface area contributed by atoms with Crippen molar-refractivity contribution >= 4 is 11.8 Å². The van der Waals surface area contributed by atoms with Crippen LogP contribution in [0.4, 0.5) is 0 Å². The van der Waals surface area contributed by atoms with Gasteiger partial charge in [0.05, 0.1) is 5.75 Å². The second-order valence-electron chi connectivity index (χ2n) is 3.03. The minimum Gasteiger partial charge on any atom is -0.277 e. The Hall–Kier alpha value is -1.73. The number of hydrogen-bond donors (Lipinski definition) is 0. The lowest BCUT2D eigenvalue weighted by atomic mass is 10.3. The van der Waals surface area contributed by atoms with Crippen molar-refractivity contribution in [2.24, 2.45) is 0 Å². The number of nitrogens with zero attached hydrogens (tertiary/aromatic N) is 3. The third kappa shape index (κ3) is 2.44. The lowest BCUT2D eigenvalue weighted by Gasteiger charge is -2.03. The molecule has 0 spiro atoms. The molecule has 1 heterocycles. The van der Waals surface area contributed by atoms with Gasteiger partial charge in [0, 0.05) is 5.69 Å². The summed E-state index contributed by atoms with van der Waals surface area (Å²) in [4.78, 5) is 0. The SMILES string of the molecule is CC#CCSc1nncn1-c1ccccc1. The van der Waals surface area contributed by atoms with Crippen LogP contribution in [0.5, 0.6) is 0 Å². The van der Waals surface area contributed by atoms with Crippen molar-refractivity contribution in [3.05, 3.63) is 36.7 Å². The number of rotatable bonds is 3. The number of aromatic nitrogens is 3. The van der Waals surface area contributed by atoms with Crippen LogP contribution in [-0.2, 0) is 0 Å². The molecule has 3 nitrogen and oxygen atoms in total. The van der Waals surface area contributed by atoms with Gasteiger partial charge in [-0.15, -0.1) is 16.1 Å². The van der Waals surface area contributed by atoms with Crippen molar-refractivity contribution in [3.63, 3.8) is 0 Å². The van der Waals surface area contributed by atoms with Crippen molar-refractivity contribution in [2.45, 2.75) is 12.1 Å². The van der Waals surface area contributed by atoms with Crippen molar-refractivity contribution in [2.75, 3.05) is 5.75 Å². The molecule has 0 radical (unpaired) electrons. The first-order valence-electron chi connectivity index (χ1n) is 4.89. The third-order valence-corrected chi connectivity index (χ3v) is 2.83. The lowest BCUT2D eigenvalue weighted by Crippen LogP contribution is -1.94. The van der Waals surface area contributed by atoms with Gasteiger partial charge < -0.3 is 0 Å². The monoisotopic (exact) mass is 229 g/mol. The topological polar surface area (TPSA) is 30.7 Å². The Morgan fingerprint density at radius 1 is 1.31 bits per heavy atom. The Kier molecular flexibility index (Phi) is 3.62. The maximum absolute atomic E-state index is 4.07. The zero-order chi connectivity index (χ0) is 11.2. The van der Waals surface area contributed by atoms with Gasteiger partial charge in [0.15, 0.2) is 5.16 Å². The number of hydrogen-bond acceptors (Lipinski definition) is 3. The van der Waals surface area contributed by atoms with Gasteiger partial charge in [-0.3, -0.25) is 4.57 Å². The molecule has 0 bridgehead atoms. The van der Waals surface area contributed by atoms with Crippen LogP contribution in [0.2, 0.25) is 0 Å². The minimum absolute atomic E-state index is 0.738. The molecule has 16 heavy (non-hydrogen) atoms. The molecule has 0 saturated heterocycles. The molecule has 0 atom stereocenters. The molecule has 2 aromatic rings. The molecule has 0 saturated carbocycles. The first-order valence-corrected chi connectivity index (χ1v) is 5.88. The van der Waals surface area contributed by atoms with Crippen LogP contribution in [0.3, 0.4) is 0 Å². The zero-order valence-electron chi connectivity index (χ0n) is 8.92. The summed E-state index contributed by atoms with van der Waals surface area (Å²) in [5.74, 6) is 6.60. The maximum Gasteiger partial charge on any atom is 0.196 e. The summed E-state index contributed by atoms with van der Waals surface area (Å²) >= 11 is 1.59. The molecule has 0 N–H and O–H groups in total. The molecule has 0 aliphatic carbocycles. The van der Waals surface area contributed by atoms with Gasteiger partial charge in [-0.05, 0) is 19.1 Å². The van der Waals surface area contributed by atoms with Crippen LogP contribution in [0.15, 0.2) is 41.8 Å². The van der Waals surface area contributed by atoms with E-state index >= 15 is 0 Å². The second-order valence-corrected chi connectivity index (χ2v) is 3.98. The predicted molar refractivity (Wildman–Crippen MR) is 65.5 cm³/mol. The van der Waals surface area contributed by atoms with Crippen LogP contribution in [0.1, 0.15) is 6.92 Å². The van der Waals surface area contributed by atoms with Gasteiger partial charge in [0.25, 0.3) is 0 Å². The minimum atomic E-state index is 0.738. The fourth-order valence-corrected chi connectivity index (χ4v) is 2.00. The van der Waals surface area contributed by atoms with Gasteiger partial charge in [0.1, 0.15) is 6.33 Å². The number of thioether (sulfide) groups is 1. The van der Waals surface area contributed by atoms with E-state index in [1.165, 1.54) is 0 Å². The molecule has 1 aromatic heterocycles. The van der Waals surface area contributed by atoms with E-state index in [9.17, 15) is 0 Å². The average molecular weight is 229 g/mol. The molecule has 0 aliphatic heterocycles. The lowest BCUT2D eigenvalue weighted by molar-refractivity contribution is 0.886. The summed E-state index contributed by atoms with van der Waals surface area (Å²) in [6.07, 6.45) is 1.72. The number of benzene rings is 1. The number of para-hydroxylation sites is 1. The standard InChI is InChI=1S/C12H11N3S/c1-2-3-9-16-12-14-13-10-15(12)11-7-5-4-6-8-11/h4-8,10H,9H2,1H3. The van der Waals surface area contributed by atoms with Gasteiger partial charge in [0.2, 0.25) is 0 Å². The molecule has 0 aliphatic rings. The molecule has 0 unspecified atom stereocenters. The fourth-order valence-electron chi connectivity index (χ4n) is 1.26. The first-order chi connectivity index (χ1) is 7.92. The van der Waals surface area contributed by atoms with E-state index in [-0.39, 0.29) is 0 Å². The Morgan fingerprint density at radius 3 is 2.88 bits per heavy atom. The van der Waals surface area contributed by atoms with E-state index in [0.717, 1.165) is 16.6 Å². The van der Waals surface area contributed by atoms with E-state index in [0.29, 0.717) is 0 Å². The Balaban J connectivity index is 2.21. The van der Waals surface area contributed by atoms with Crippen LogP contribution >= 0.6 is 11.8 Å². The van der Waals surface area contributed by atoms with Crippen molar-refractivity contribution in [1.29, 1.82) is 0 Å². The van der Waals surface area contributed by atoms with Crippen LogP contribution < -0.4 is 0 Å². The van der Waals surface area contributed by atoms with Crippen LogP contribution in [0, 0.1) is 11.8 Å². The smallest absolute Gasteiger partial charge is 0.196 e. The Labute approximate surface area is 98.9 Å². The second kappa shape index (κ2) is 5.38. The molecule has 80 valence electrons. The normalized spacial score (nSPS) is 9.56. The summed E-state index contributed by atoms with van der Waals surface area (Å²) in [6, 6.07) is 10.0. The average Bonchev–Trinajstić information content (AvgIpc) is 2.79. The van der Waals surface area contributed by atoms with E-state index in [4.69, 9.17) is 0 Å². The highest BCUT2D eigenvalue weighted by molar-refractivity contribution is 7.99. The molecule has 0 fully saturated rings. The zero-order valence-corrected chi connectivity index (χ0v) is 9.74. The van der Waals surface area contributed by atoms with E-state index in [1.54, 1.807) is 18.1 Å². The molecule has 0 amide bonds. The highest BCUT2D eigenvalue weighted by Crippen LogP contribution is 2.18. The van der Waals surface area contributed by atoms with Crippen LogP contribution in [-0.4, -0.2) is 20.5 Å². The maximum atomic E-state index is 4.07. The van der Waals surface area contributed by atoms with Crippen LogP contribution in [0.25, 0.3) is 5.69 Å². The Morgan fingerprint density at radius 2 is 2.12 bits per heavy atom. The molecule has 4 heteroatoms. The molecular weight excluding hydrogens is 218 g/mol. The van der Waals surface area contributed by atoms with Gasteiger partial charge in [-0.1, -0.05) is 35.9 Å². The van der Waals surface area contributed by atoms with E-state index < -0.39 is 0 Å². The third-order valence-electron chi connectivity index (χ3n) is 2.00. The van der Waals surface area contributed by atoms with Crippen molar-refractivity contribution in [3.8, 4) is 17.5 Å². The van der Waals surface area contributed by atoms with Crippen molar-refractivity contribution < 1.29 is 0 Å². The molecule has 2 rings (SSSR count). The highest BCUT2D eigenvalue weighted by atomic mass is 32.2. The van der Waals surface area contributed by atoms with Gasteiger partial charge in [-0.2, -0.15) is 0 Å². The summed E-state index contributed by atoms with van der Waals surface area (Å²) in [7, 11) is 0. The fraction of sp³-hybridized carbons (Fsp3) is 0.167. The quantitative estimate of drug-likeness (QED) is 0.598. The summed E-state index contributed by atoms with van der Waals surface area (Å²) < 4.78 is 1.96. The molecular formula is C12H11N3S. The summed E-state index contributed by atoms with van der Waals surface area (Å²) in [6.45, 7) is 1.84. The molecule has 1 aromatic carbocycles. The van der Waals surface area contributed by atoms with Gasteiger partial charge in [-0.25, -0.2) is 0 Å². The predicted octanol–water partition coefficient (Wildman–Crippen LogP) is 2.38. The summed E-state index contributed by atoms with van der Waals surface area (Å²) in [5, 5.41) is 8.86. The Bertz CT molecular complexity index is 508. The van der Waals surface area contributed by atoms with E-state index in [1.807, 2.05) is 41.8 Å².